The Morgan fingerprint density at radius 3 is 2.21 bits per heavy atom. The van der Waals surface area contributed by atoms with E-state index in [4.69, 9.17) is 21.7 Å². The third kappa shape index (κ3) is 6.42. The average molecular weight is 198 g/mol. The van der Waals surface area contributed by atoms with Crippen molar-refractivity contribution in [2.24, 2.45) is 5.73 Å². The van der Waals surface area contributed by atoms with Gasteiger partial charge in [0.25, 0.3) is 0 Å². The number of hydrogen-bond donors (Lipinski definition) is 4. The molecular weight excluding hydrogens is 180 g/mol. The van der Waals surface area contributed by atoms with E-state index in [1.165, 1.54) is 0 Å². The van der Waals surface area contributed by atoms with E-state index >= 15 is 0 Å². The van der Waals surface area contributed by atoms with Gasteiger partial charge in [-0.25, -0.2) is 0 Å². The molecule has 14 heavy (non-hydrogen) atoms. The van der Waals surface area contributed by atoms with E-state index in [0.717, 1.165) is 11.3 Å². The van der Waals surface area contributed by atoms with Crippen LogP contribution in [0.3, 0.4) is 0 Å². The number of aliphatic hydroxyl groups is 2. The number of rotatable bonds is 3. The molecule has 0 aliphatic rings. The van der Waals surface area contributed by atoms with Crippen molar-refractivity contribution < 1.29 is 10.2 Å². The van der Waals surface area contributed by atoms with E-state index in [2.05, 4.69) is 0 Å². The van der Waals surface area contributed by atoms with Gasteiger partial charge in [0, 0.05) is 18.8 Å². The van der Waals surface area contributed by atoms with Crippen molar-refractivity contribution in [1.82, 2.24) is 0 Å². The largest absolute Gasteiger partial charge is 0.399 e. The van der Waals surface area contributed by atoms with Gasteiger partial charge in [-0.2, -0.15) is 0 Å². The van der Waals surface area contributed by atoms with Crippen LogP contribution in [0.2, 0.25) is 0 Å². The van der Waals surface area contributed by atoms with Crippen LogP contribution in [-0.2, 0) is 6.42 Å². The van der Waals surface area contributed by atoms with Crippen molar-refractivity contribution in [3.8, 4) is 0 Å². The Labute approximate surface area is 84.2 Å². The summed E-state index contributed by atoms with van der Waals surface area (Å²) in [6.45, 7) is 0.656. The molecule has 4 heteroatoms. The van der Waals surface area contributed by atoms with Crippen LogP contribution in [-0.4, -0.2) is 30.0 Å². The molecule has 0 fully saturated rings. The Morgan fingerprint density at radius 2 is 1.79 bits per heavy atom. The zero-order valence-electron chi connectivity index (χ0n) is 8.19. The monoisotopic (exact) mass is 198 g/mol. The zero-order valence-corrected chi connectivity index (χ0v) is 8.19. The summed E-state index contributed by atoms with van der Waals surface area (Å²) in [6.07, 6.45) is 0.686. The van der Waals surface area contributed by atoms with Crippen LogP contribution in [0.25, 0.3) is 0 Å². The predicted molar refractivity (Wildman–Crippen MR) is 57.8 cm³/mol. The van der Waals surface area contributed by atoms with Gasteiger partial charge in [0.2, 0.25) is 0 Å². The lowest BCUT2D eigenvalue weighted by atomic mass is 10.1. The number of nitrogens with two attached hydrogens (primary N) is 2. The van der Waals surface area contributed by atoms with Gasteiger partial charge in [0.15, 0.2) is 0 Å². The number of nitrogen functional groups attached to an aromatic ring is 1. The molecule has 0 aliphatic carbocycles. The first-order valence-electron chi connectivity index (χ1n) is 4.50. The number of anilines is 1. The highest BCUT2D eigenvalue weighted by molar-refractivity contribution is 5.40. The summed E-state index contributed by atoms with van der Waals surface area (Å²) in [5.41, 5.74) is 12.1. The second-order valence-corrected chi connectivity index (χ2v) is 2.73. The molecule has 80 valence electrons. The minimum Gasteiger partial charge on any atom is -0.399 e. The van der Waals surface area contributed by atoms with Gasteiger partial charge in [0.05, 0.1) is 6.61 Å². The normalized spacial score (nSPS) is 9.07. The summed E-state index contributed by atoms with van der Waals surface area (Å²) in [5, 5.41) is 16.3. The molecular formula is C10H18N2O2. The summed E-state index contributed by atoms with van der Waals surface area (Å²) in [7, 11) is 0. The van der Waals surface area contributed by atoms with E-state index in [1.807, 2.05) is 24.3 Å². The lowest BCUT2D eigenvalue weighted by Gasteiger charge is -1.97. The SMILES string of the molecule is NCCO.Nc1cccc(CCO)c1. The van der Waals surface area contributed by atoms with Gasteiger partial charge in [0.1, 0.15) is 0 Å². The fraction of sp³-hybridized carbons (Fsp3) is 0.400. The highest BCUT2D eigenvalue weighted by Crippen LogP contribution is 2.06. The maximum atomic E-state index is 8.57. The van der Waals surface area contributed by atoms with Crippen LogP contribution in [0.4, 0.5) is 5.69 Å². The van der Waals surface area contributed by atoms with Gasteiger partial charge in [-0.3, -0.25) is 0 Å². The maximum absolute atomic E-state index is 8.57. The average Bonchev–Trinajstić information content (AvgIpc) is 2.19. The molecule has 0 heterocycles. The molecule has 1 aromatic carbocycles. The Balaban J connectivity index is 0.000000364. The van der Waals surface area contributed by atoms with Gasteiger partial charge >= 0.3 is 0 Å². The van der Waals surface area contributed by atoms with Gasteiger partial charge < -0.3 is 21.7 Å². The Kier molecular flexibility index (Phi) is 7.83. The zero-order chi connectivity index (χ0) is 10.8. The summed E-state index contributed by atoms with van der Waals surface area (Å²) < 4.78 is 0. The standard InChI is InChI=1S/C8H11NO.C2H7NO/c9-8-3-1-2-7(6-8)4-5-10;3-1-2-4/h1-3,6,10H,4-5,9H2;4H,1-3H2. The molecule has 1 aromatic rings. The fourth-order valence-electron chi connectivity index (χ4n) is 0.878. The quantitative estimate of drug-likeness (QED) is 0.503. The fourth-order valence-corrected chi connectivity index (χ4v) is 0.878. The molecule has 4 nitrogen and oxygen atoms in total. The predicted octanol–water partition coefficient (Wildman–Crippen LogP) is -0.259. The summed E-state index contributed by atoms with van der Waals surface area (Å²) >= 11 is 0. The first kappa shape index (κ1) is 12.9. The van der Waals surface area contributed by atoms with Crippen molar-refractivity contribution in [3.63, 3.8) is 0 Å². The first-order chi connectivity index (χ1) is 6.74. The van der Waals surface area contributed by atoms with Crippen LogP contribution >= 0.6 is 0 Å². The summed E-state index contributed by atoms with van der Waals surface area (Å²) in [4.78, 5) is 0. The summed E-state index contributed by atoms with van der Waals surface area (Å²) in [6, 6.07) is 7.55. The highest BCUT2D eigenvalue weighted by Gasteiger charge is 1.90. The molecule has 6 N–H and O–H groups in total. The van der Waals surface area contributed by atoms with E-state index in [-0.39, 0.29) is 13.2 Å². The van der Waals surface area contributed by atoms with Crippen molar-refractivity contribution in [1.29, 1.82) is 0 Å². The first-order valence-corrected chi connectivity index (χ1v) is 4.50. The molecule has 0 radical (unpaired) electrons. The lowest BCUT2D eigenvalue weighted by molar-refractivity contribution is 0.299. The second-order valence-electron chi connectivity index (χ2n) is 2.73. The van der Waals surface area contributed by atoms with Crippen LogP contribution < -0.4 is 11.5 Å². The van der Waals surface area contributed by atoms with E-state index in [0.29, 0.717) is 13.0 Å². The molecule has 0 saturated carbocycles. The Bertz CT molecular complexity index is 239. The molecule has 0 atom stereocenters. The molecule has 1 rings (SSSR count). The van der Waals surface area contributed by atoms with Crippen molar-refractivity contribution in [2.75, 3.05) is 25.5 Å². The van der Waals surface area contributed by atoms with Gasteiger partial charge in [-0.1, -0.05) is 12.1 Å². The van der Waals surface area contributed by atoms with Crippen LogP contribution in [0, 0.1) is 0 Å². The molecule has 0 saturated heterocycles. The molecule has 0 aromatic heterocycles. The third-order valence-corrected chi connectivity index (χ3v) is 1.48. The smallest absolute Gasteiger partial charge is 0.0553 e. The third-order valence-electron chi connectivity index (χ3n) is 1.48. The molecule has 0 amide bonds. The van der Waals surface area contributed by atoms with Crippen LogP contribution in [0.15, 0.2) is 24.3 Å². The van der Waals surface area contributed by atoms with Crippen LogP contribution in [0.5, 0.6) is 0 Å². The van der Waals surface area contributed by atoms with E-state index < -0.39 is 0 Å². The number of aliphatic hydroxyl groups excluding tert-OH is 2. The van der Waals surface area contributed by atoms with Crippen molar-refractivity contribution >= 4 is 5.69 Å². The minimum atomic E-state index is 0.0972. The molecule has 0 spiro atoms. The topological polar surface area (TPSA) is 92.5 Å². The van der Waals surface area contributed by atoms with Gasteiger partial charge in [-0.15, -0.1) is 0 Å². The highest BCUT2D eigenvalue weighted by atomic mass is 16.3. The minimum absolute atomic E-state index is 0.0972. The lowest BCUT2D eigenvalue weighted by Crippen LogP contribution is -2.02. The van der Waals surface area contributed by atoms with Crippen LogP contribution in [0.1, 0.15) is 5.56 Å². The summed E-state index contributed by atoms with van der Waals surface area (Å²) in [5.74, 6) is 0. The van der Waals surface area contributed by atoms with E-state index in [1.54, 1.807) is 0 Å². The molecule has 0 unspecified atom stereocenters. The van der Waals surface area contributed by atoms with E-state index in [9.17, 15) is 0 Å². The van der Waals surface area contributed by atoms with Crippen molar-refractivity contribution in [2.45, 2.75) is 6.42 Å². The molecule has 0 aliphatic heterocycles. The number of benzene rings is 1. The number of hydrogen-bond acceptors (Lipinski definition) is 4. The maximum Gasteiger partial charge on any atom is 0.0553 e. The Morgan fingerprint density at radius 1 is 1.14 bits per heavy atom. The second kappa shape index (κ2) is 8.50. The molecule has 0 bridgehead atoms. The Hall–Kier alpha value is -1.10. The van der Waals surface area contributed by atoms with Gasteiger partial charge in [-0.05, 0) is 24.1 Å². The van der Waals surface area contributed by atoms with Crippen molar-refractivity contribution in [3.05, 3.63) is 29.8 Å².